The Morgan fingerprint density at radius 3 is 2.81 bits per heavy atom. The fraction of sp³-hybridized carbons (Fsp3) is 0.417. The lowest BCUT2D eigenvalue weighted by molar-refractivity contribution is 0.0803. The van der Waals surface area contributed by atoms with Crippen molar-refractivity contribution < 1.29 is 4.79 Å². The molecule has 1 aromatic rings. The monoisotopic (exact) mass is 301 g/mol. The molecule has 2 nitrogen and oxygen atoms in total. The van der Waals surface area contributed by atoms with Crippen molar-refractivity contribution in [3.05, 3.63) is 33.8 Å². The van der Waals surface area contributed by atoms with Gasteiger partial charge in [0.25, 0.3) is 5.91 Å². The molecular weight excluding hydrogens is 286 g/mol. The highest BCUT2D eigenvalue weighted by molar-refractivity contribution is 9.10. The molecule has 0 N–H and O–H groups in total. The van der Waals surface area contributed by atoms with E-state index in [0.717, 1.165) is 27.9 Å². The normalized spacial score (nSPS) is 10.2. The lowest BCUT2D eigenvalue weighted by Gasteiger charge is -2.17. The standard InChI is InChI=1S/C12H16BrNOS/c1-9-4-5-10(13)8-11(9)12(15)14(2)6-7-16-3/h4-5,8H,6-7H2,1-3H3. The Balaban J connectivity index is 2.83. The zero-order chi connectivity index (χ0) is 12.1. The summed E-state index contributed by atoms with van der Waals surface area (Å²) < 4.78 is 0.944. The minimum absolute atomic E-state index is 0.0906. The highest BCUT2D eigenvalue weighted by atomic mass is 79.9. The van der Waals surface area contributed by atoms with Crippen molar-refractivity contribution >= 4 is 33.6 Å². The van der Waals surface area contributed by atoms with Gasteiger partial charge in [-0.25, -0.2) is 0 Å². The van der Waals surface area contributed by atoms with E-state index in [1.54, 1.807) is 16.7 Å². The number of aryl methyl sites for hydroxylation is 1. The highest BCUT2D eigenvalue weighted by Gasteiger charge is 2.13. The van der Waals surface area contributed by atoms with Crippen molar-refractivity contribution in [1.82, 2.24) is 4.90 Å². The molecule has 0 aliphatic rings. The molecule has 0 saturated carbocycles. The summed E-state index contributed by atoms with van der Waals surface area (Å²) in [6.07, 6.45) is 2.04. The van der Waals surface area contributed by atoms with Gasteiger partial charge in [0.15, 0.2) is 0 Å². The van der Waals surface area contributed by atoms with E-state index in [-0.39, 0.29) is 5.91 Å². The minimum atomic E-state index is 0.0906. The number of carbonyl (C=O) groups is 1. The molecule has 0 unspecified atom stereocenters. The molecule has 0 aliphatic carbocycles. The van der Waals surface area contributed by atoms with Crippen LogP contribution in [-0.4, -0.2) is 36.4 Å². The van der Waals surface area contributed by atoms with Crippen LogP contribution in [0.15, 0.2) is 22.7 Å². The molecule has 0 bridgehead atoms. The topological polar surface area (TPSA) is 20.3 Å². The smallest absolute Gasteiger partial charge is 0.253 e. The number of hydrogen-bond acceptors (Lipinski definition) is 2. The summed E-state index contributed by atoms with van der Waals surface area (Å²) in [4.78, 5) is 13.9. The van der Waals surface area contributed by atoms with Crippen LogP contribution in [0.4, 0.5) is 0 Å². The lowest BCUT2D eigenvalue weighted by atomic mass is 10.1. The van der Waals surface area contributed by atoms with Crippen molar-refractivity contribution in [2.75, 3.05) is 25.6 Å². The van der Waals surface area contributed by atoms with Crippen molar-refractivity contribution in [1.29, 1.82) is 0 Å². The highest BCUT2D eigenvalue weighted by Crippen LogP contribution is 2.17. The number of halogens is 1. The summed E-state index contributed by atoms with van der Waals surface area (Å²) in [6.45, 7) is 2.74. The van der Waals surface area contributed by atoms with Gasteiger partial charge in [0.05, 0.1) is 0 Å². The first-order valence-electron chi connectivity index (χ1n) is 5.07. The van der Waals surface area contributed by atoms with Gasteiger partial charge in [-0.3, -0.25) is 4.79 Å². The Hall–Kier alpha value is -0.480. The van der Waals surface area contributed by atoms with E-state index in [1.165, 1.54) is 0 Å². The third-order valence-electron chi connectivity index (χ3n) is 2.41. The predicted octanol–water partition coefficient (Wildman–Crippen LogP) is 3.19. The zero-order valence-corrected chi connectivity index (χ0v) is 12.2. The Labute approximate surface area is 110 Å². The van der Waals surface area contributed by atoms with E-state index >= 15 is 0 Å². The summed E-state index contributed by atoms with van der Waals surface area (Å²) in [5, 5.41) is 0. The number of hydrogen-bond donors (Lipinski definition) is 0. The fourth-order valence-corrected chi connectivity index (χ4v) is 2.18. The van der Waals surface area contributed by atoms with Crippen molar-refractivity contribution in [3.63, 3.8) is 0 Å². The van der Waals surface area contributed by atoms with Crippen LogP contribution in [-0.2, 0) is 0 Å². The summed E-state index contributed by atoms with van der Waals surface area (Å²) in [6, 6.07) is 5.79. The number of thioether (sulfide) groups is 1. The van der Waals surface area contributed by atoms with E-state index in [0.29, 0.717) is 0 Å². The van der Waals surface area contributed by atoms with Crippen LogP contribution in [0.25, 0.3) is 0 Å². The predicted molar refractivity (Wildman–Crippen MR) is 74.2 cm³/mol. The van der Waals surface area contributed by atoms with Crippen LogP contribution in [0.3, 0.4) is 0 Å². The Morgan fingerprint density at radius 2 is 2.19 bits per heavy atom. The zero-order valence-electron chi connectivity index (χ0n) is 9.79. The molecule has 88 valence electrons. The van der Waals surface area contributed by atoms with Crippen LogP contribution in [0, 0.1) is 6.92 Å². The van der Waals surface area contributed by atoms with Crippen LogP contribution in [0.1, 0.15) is 15.9 Å². The molecule has 0 aliphatic heterocycles. The van der Waals surface area contributed by atoms with Crippen molar-refractivity contribution in [2.24, 2.45) is 0 Å². The molecule has 0 radical (unpaired) electrons. The van der Waals surface area contributed by atoms with Gasteiger partial charge < -0.3 is 4.90 Å². The molecule has 4 heteroatoms. The molecule has 0 atom stereocenters. The summed E-state index contributed by atoms with van der Waals surface area (Å²) in [7, 11) is 1.85. The maximum absolute atomic E-state index is 12.1. The molecular formula is C12H16BrNOS. The van der Waals surface area contributed by atoms with Crippen LogP contribution in [0.2, 0.25) is 0 Å². The Kier molecular flexibility index (Phi) is 5.35. The molecule has 1 rings (SSSR count). The average molecular weight is 302 g/mol. The quantitative estimate of drug-likeness (QED) is 0.851. The first-order valence-corrected chi connectivity index (χ1v) is 7.25. The maximum Gasteiger partial charge on any atom is 0.253 e. The average Bonchev–Trinajstić information content (AvgIpc) is 2.28. The van der Waals surface area contributed by atoms with E-state index in [4.69, 9.17) is 0 Å². The number of nitrogens with zero attached hydrogens (tertiary/aromatic N) is 1. The van der Waals surface area contributed by atoms with Gasteiger partial charge in [0, 0.05) is 29.4 Å². The third kappa shape index (κ3) is 3.52. The van der Waals surface area contributed by atoms with Gasteiger partial charge in [-0.2, -0.15) is 11.8 Å². The summed E-state index contributed by atoms with van der Waals surface area (Å²) in [5.41, 5.74) is 1.79. The molecule has 0 fully saturated rings. The summed E-state index contributed by atoms with van der Waals surface area (Å²) >= 11 is 5.14. The van der Waals surface area contributed by atoms with Gasteiger partial charge in [-0.05, 0) is 30.9 Å². The van der Waals surface area contributed by atoms with Gasteiger partial charge in [-0.15, -0.1) is 0 Å². The van der Waals surface area contributed by atoms with E-state index < -0.39 is 0 Å². The fourth-order valence-electron chi connectivity index (χ4n) is 1.36. The third-order valence-corrected chi connectivity index (χ3v) is 3.49. The van der Waals surface area contributed by atoms with Crippen LogP contribution < -0.4 is 0 Å². The lowest BCUT2D eigenvalue weighted by Crippen LogP contribution is -2.29. The molecule has 0 spiro atoms. The van der Waals surface area contributed by atoms with Crippen LogP contribution in [0.5, 0.6) is 0 Å². The van der Waals surface area contributed by atoms with Gasteiger partial charge >= 0.3 is 0 Å². The van der Waals surface area contributed by atoms with Crippen molar-refractivity contribution in [2.45, 2.75) is 6.92 Å². The Bertz CT molecular complexity index is 381. The molecule has 0 aromatic heterocycles. The van der Waals surface area contributed by atoms with Gasteiger partial charge in [0.2, 0.25) is 0 Å². The summed E-state index contributed by atoms with van der Waals surface area (Å²) in [5.74, 6) is 1.06. The number of benzene rings is 1. The number of rotatable bonds is 4. The number of amides is 1. The second-order valence-electron chi connectivity index (χ2n) is 3.68. The molecule has 16 heavy (non-hydrogen) atoms. The van der Waals surface area contributed by atoms with E-state index in [9.17, 15) is 4.79 Å². The minimum Gasteiger partial charge on any atom is -0.341 e. The van der Waals surface area contributed by atoms with E-state index in [1.807, 2.05) is 38.4 Å². The Morgan fingerprint density at radius 1 is 1.50 bits per heavy atom. The van der Waals surface area contributed by atoms with Gasteiger partial charge in [-0.1, -0.05) is 22.0 Å². The first-order chi connectivity index (χ1) is 7.56. The SMILES string of the molecule is CSCCN(C)C(=O)c1cc(Br)ccc1C. The van der Waals surface area contributed by atoms with Gasteiger partial charge in [0.1, 0.15) is 0 Å². The molecule has 0 saturated heterocycles. The van der Waals surface area contributed by atoms with Crippen LogP contribution >= 0.6 is 27.7 Å². The maximum atomic E-state index is 12.1. The largest absolute Gasteiger partial charge is 0.341 e. The second-order valence-corrected chi connectivity index (χ2v) is 5.58. The molecule has 0 heterocycles. The van der Waals surface area contributed by atoms with Crippen molar-refractivity contribution in [3.8, 4) is 0 Å². The second kappa shape index (κ2) is 6.30. The van der Waals surface area contributed by atoms with E-state index in [2.05, 4.69) is 15.9 Å². The first kappa shape index (κ1) is 13.6. The number of carbonyl (C=O) groups excluding carboxylic acids is 1. The molecule has 1 amide bonds. The molecule has 1 aromatic carbocycles.